The number of methoxy groups -OCH3 is 1. The summed E-state index contributed by atoms with van der Waals surface area (Å²) in [5.74, 6) is 0.907. The van der Waals surface area contributed by atoms with Crippen LogP contribution in [0.25, 0.3) is 0 Å². The van der Waals surface area contributed by atoms with Crippen molar-refractivity contribution in [1.82, 2.24) is 0 Å². The van der Waals surface area contributed by atoms with Gasteiger partial charge >= 0.3 is 0 Å². The zero-order valence-corrected chi connectivity index (χ0v) is 9.48. The highest BCUT2D eigenvalue weighted by Gasteiger charge is 2.29. The van der Waals surface area contributed by atoms with Crippen LogP contribution in [0.2, 0.25) is 0 Å². The molecule has 0 aromatic heterocycles. The Hall–Kier alpha value is -1.35. The van der Waals surface area contributed by atoms with Crippen molar-refractivity contribution in [1.29, 1.82) is 0 Å². The maximum Gasteiger partial charge on any atom is 0.169 e. The lowest BCUT2D eigenvalue weighted by atomic mass is 9.95. The van der Waals surface area contributed by atoms with Crippen molar-refractivity contribution in [3.05, 3.63) is 29.8 Å². The second kappa shape index (κ2) is 4.66. The summed E-state index contributed by atoms with van der Waals surface area (Å²) in [6.45, 7) is 0. The molecule has 1 fully saturated rings. The number of carbonyl (C=O) groups is 1. The number of ketones is 1. The molecule has 0 bridgehead atoms. The molecule has 2 atom stereocenters. The standard InChI is InChI=1S/C13H17NO2/c1-16-12-5-3-2-4-11(12)13(15)9-6-7-10(14)8-9/h2-5,9-10H,6-8,14H2,1H3. The van der Waals surface area contributed by atoms with Gasteiger partial charge in [0.2, 0.25) is 0 Å². The van der Waals surface area contributed by atoms with E-state index >= 15 is 0 Å². The first-order chi connectivity index (χ1) is 7.72. The van der Waals surface area contributed by atoms with Gasteiger partial charge in [-0.05, 0) is 31.4 Å². The van der Waals surface area contributed by atoms with E-state index in [9.17, 15) is 4.79 Å². The minimum atomic E-state index is 0.0753. The molecule has 2 rings (SSSR count). The number of benzene rings is 1. The Bertz CT molecular complexity index is 389. The highest BCUT2D eigenvalue weighted by molar-refractivity contribution is 6.00. The molecule has 1 saturated carbocycles. The molecule has 1 aliphatic carbocycles. The summed E-state index contributed by atoms with van der Waals surface area (Å²) in [4.78, 5) is 12.2. The molecule has 0 amide bonds. The quantitative estimate of drug-likeness (QED) is 0.791. The fourth-order valence-corrected chi connectivity index (χ4v) is 2.32. The number of hydrogen-bond donors (Lipinski definition) is 1. The predicted molar refractivity (Wildman–Crippen MR) is 62.6 cm³/mol. The van der Waals surface area contributed by atoms with Crippen molar-refractivity contribution >= 4 is 5.78 Å². The second-order valence-electron chi connectivity index (χ2n) is 4.33. The van der Waals surface area contributed by atoms with Crippen LogP contribution in [0.4, 0.5) is 0 Å². The molecule has 0 spiro atoms. The molecule has 3 nitrogen and oxygen atoms in total. The van der Waals surface area contributed by atoms with Gasteiger partial charge in [-0.2, -0.15) is 0 Å². The molecule has 0 heterocycles. The number of nitrogens with two attached hydrogens (primary N) is 1. The summed E-state index contributed by atoms with van der Waals surface area (Å²) in [6, 6.07) is 7.57. The summed E-state index contributed by atoms with van der Waals surface area (Å²) in [7, 11) is 1.59. The molecular weight excluding hydrogens is 202 g/mol. The van der Waals surface area contributed by atoms with Crippen LogP contribution in [-0.4, -0.2) is 18.9 Å². The zero-order chi connectivity index (χ0) is 11.5. The first-order valence-corrected chi connectivity index (χ1v) is 5.65. The molecular formula is C13H17NO2. The van der Waals surface area contributed by atoms with Crippen LogP contribution >= 0.6 is 0 Å². The number of hydrogen-bond acceptors (Lipinski definition) is 3. The Morgan fingerprint density at radius 1 is 1.38 bits per heavy atom. The largest absolute Gasteiger partial charge is 0.496 e. The highest BCUT2D eigenvalue weighted by Crippen LogP contribution is 2.30. The summed E-state index contributed by atoms with van der Waals surface area (Å²) >= 11 is 0. The van der Waals surface area contributed by atoms with E-state index in [1.165, 1.54) is 0 Å². The van der Waals surface area contributed by atoms with E-state index in [-0.39, 0.29) is 17.7 Å². The highest BCUT2D eigenvalue weighted by atomic mass is 16.5. The molecule has 0 saturated heterocycles. The zero-order valence-electron chi connectivity index (χ0n) is 9.48. The number of para-hydroxylation sites is 1. The maximum atomic E-state index is 12.2. The lowest BCUT2D eigenvalue weighted by molar-refractivity contribution is 0.0919. The van der Waals surface area contributed by atoms with Gasteiger partial charge in [0.1, 0.15) is 5.75 Å². The fraction of sp³-hybridized carbons (Fsp3) is 0.462. The first kappa shape index (κ1) is 11.1. The molecule has 3 heteroatoms. The monoisotopic (exact) mass is 219 g/mol. The summed E-state index contributed by atoms with van der Waals surface area (Å²) in [5.41, 5.74) is 6.51. The van der Waals surface area contributed by atoms with Gasteiger partial charge in [0.05, 0.1) is 12.7 Å². The van der Waals surface area contributed by atoms with E-state index in [0.29, 0.717) is 11.3 Å². The Kier molecular flexibility index (Phi) is 3.25. The number of ether oxygens (including phenoxy) is 1. The van der Waals surface area contributed by atoms with Crippen LogP contribution in [0, 0.1) is 5.92 Å². The third-order valence-electron chi connectivity index (χ3n) is 3.22. The van der Waals surface area contributed by atoms with Crippen LogP contribution in [0.3, 0.4) is 0 Å². The molecule has 2 unspecified atom stereocenters. The minimum absolute atomic E-state index is 0.0753. The number of carbonyl (C=O) groups excluding carboxylic acids is 1. The van der Waals surface area contributed by atoms with Crippen molar-refractivity contribution < 1.29 is 9.53 Å². The number of rotatable bonds is 3. The Balaban J connectivity index is 2.20. The molecule has 2 N–H and O–H groups in total. The van der Waals surface area contributed by atoms with Crippen LogP contribution in [0.1, 0.15) is 29.6 Å². The van der Waals surface area contributed by atoms with Gasteiger partial charge in [0.25, 0.3) is 0 Å². The van der Waals surface area contributed by atoms with Gasteiger partial charge in [-0.3, -0.25) is 4.79 Å². The van der Waals surface area contributed by atoms with E-state index in [2.05, 4.69) is 0 Å². The van der Waals surface area contributed by atoms with Crippen LogP contribution < -0.4 is 10.5 Å². The molecule has 1 aromatic carbocycles. The van der Waals surface area contributed by atoms with Crippen molar-refractivity contribution in [2.75, 3.05) is 7.11 Å². The van der Waals surface area contributed by atoms with Gasteiger partial charge < -0.3 is 10.5 Å². The Morgan fingerprint density at radius 3 is 2.75 bits per heavy atom. The van der Waals surface area contributed by atoms with Crippen LogP contribution in [0.15, 0.2) is 24.3 Å². The maximum absolute atomic E-state index is 12.2. The number of Topliss-reactive ketones (excluding diaryl/α,β-unsaturated/α-hetero) is 1. The summed E-state index contributed by atoms with van der Waals surface area (Å²) in [6.07, 6.45) is 2.65. The summed E-state index contributed by atoms with van der Waals surface area (Å²) in [5, 5.41) is 0. The molecule has 1 aromatic rings. The van der Waals surface area contributed by atoms with E-state index in [0.717, 1.165) is 19.3 Å². The molecule has 1 aliphatic rings. The fourth-order valence-electron chi connectivity index (χ4n) is 2.32. The van der Waals surface area contributed by atoms with E-state index in [4.69, 9.17) is 10.5 Å². The summed E-state index contributed by atoms with van der Waals surface area (Å²) < 4.78 is 5.20. The van der Waals surface area contributed by atoms with Crippen LogP contribution in [0.5, 0.6) is 5.75 Å². The smallest absolute Gasteiger partial charge is 0.169 e. The Labute approximate surface area is 95.6 Å². The molecule has 0 radical (unpaired) electrons. The van der Waals surface area contributed by atoms with Crippen molar-refractivity contribution in [2.24, 2.45) is 11.7 Å². The van der Waals surface area contributed by atoms with Gasteiger partial charge in [0, 0.05) is 12.0 Å². The van der Waals surface area contributed by atoms with Crippen molar-refractivity contribution in [2.45, 2.75) is 25.3 Å². The van der Waals surface area contributed by atoms with Crippen LogP contribution in [-0.2, 0) is 0 Å². The SMILES string of the molecule is COc1ccccc1C(=O)C1CCC(N)C1. The van der Waals surface area contributed by atoms with Crippen molar-refractivity contribution in [3.63, 3.8) is 0 Å². The van der Waals surface area contributed by atoms with Gasteiger partial charge in [-0.25, -0.2) is 0 Å². The van der Waals surface area contributed by atoms with E-state index < -0.39 is 0 Å². The average molecular weight is 219 g/mol. The second-order valence-corrected chi connectivity index (χ2v) is 4.33. The lowest BCUT2D eigenvalue weighted by Gasteiger charge is -2.11. The topological polar surface area (TPSA) is 52.3 Å². The van der Waals surface area contributed by atoms with Gasteiger partial charge in [-0.15, -0.1) is 0 Å². The van der Waals surface area contributed by atoms with Gasteiger partial charge in [-0.1, -0.05) is 12.1 Å². The van der Waals surface area contributed by atoms with E-state index in [1.807, 2.05) is 24.3 Å². The molecule has 0 aliphatic heterocycles. The third-order valence-corrected chi connectivity index (χ3v) is 3.22. The lowest BCUT2D eigenvalue weighted by Crippen LogP contribution is -2.18. The molecule has 16 heavy (non-hydrogen) atoms. The normalized spacial score (nSPS) is 24.4. The van der Waals surface area contributed by atoms with Crippen molar-refractivity contribution in [3.8, 4) is 5.75 Å². The Morgan fingerprint density at radius 2 is 2.12 bits per heavy atom. The average Bonchev–Trinajstić information content (AvgIpc) is 2.75. The molecule has 86 valence electrons. The van der Waals surface area contributed by atoms with E-state index in [1.54, 1.807) is 7.11 Å². The first-order valence-electron chi connectivity index (χ1n) is 5.65. The minimum Gasteiger partial charge on any atom is -0.496 e. The third kappa shape index (κ3) is 2.09. The predicted octanol–water partition coefficient (Wildman–Crippen LogP) is 2.01. The van der Waals surface area contributed by atoms with Gasteiger partial charge in [0.15, 0.2) is 5.78 Å².